The monoisotopic (exact) mass is 210 g/mol. The molecular weight excluding hydrogens is 196 g/mol. The van der Waals surface area contributed by atoms with Gasteiger partial charge in [0.05, 0.1) is 13.5 Å². The van der Waals surface area contributed by atoms with Gasteiger partial charge in [0.2, 0.25) is 5.88 Å². The summed E-state index contributed by atoms with van der Waals surface area (Å²) < 4.78 is 4.98. The van der Waals surface area contributed by atoms with Crippen molar-refractivity contribution in [1.29, 1.82) is 0 Å². The van der Waals surface area contributed by atoms with Gasteiger partial charge in [0.15, 0.2) is 0 Å². The van der Waals surface area contributed by atoms with Gasteiger partial charge in [-0.1, -0.05) is 0 Å². The van der Waals surface area contributed by atoms with E-state index in [9.17, 15) is 4.79 Å². The molecule has 0 aliphatic heterocycles. The Morgan fingerprint density at radius 1 is 1.67 bits per heavy atom. The molecule has 1 rings (SSSR count). The highest BCUT2D eigenvalue weighted by atomic mass is 16.5. The Morgan fingerprint density at radius 2 is 2.40 bits per heavy atom. The Bertz CT molecular complexity index is 341. The van der Waals surface area contributed by atoms with Crippen LogP contribution < -0.4 is 9.64 Å². The highest BCUT2D eigenvalue weighted by Gasteiger charge is 2.05. The van der Waals surface area contributed by atoms with Crippen molar-refractivity contribution in [3.05, 3.63) is 18.3 Å². The van der Waals surface area contributed by atoms with Crippen LogP contribution in [0.15, 0.2) is 18.3 Å². The maximum atomic E-state index is 10.4. The average Bonchev–Trinajstić information content (AvgIpc) is 2.26. The van der Waals surface area contributed by atoms with E-state index in [4.69, 9.17) is 9.84 Å². The number of nitrogens with zero attached hydrogens (tertiary/aromatic N) is 2. The molecule has 0 saturated carbocycles. The number of carboxylic acids is 1. The second kappa shape index (κ2) is 5.19. The van der Waals surface area contributed by atoms with Crippen molar-refractivity contribution >= 4 is 11.7 Å². The summed E-state index contributed by atoms with van der Waals surface area (Å²) in [7, 11) is 3.38. The van der Waals surface area contributed by atoms with E-state index in [1.165, 1.54) is 0 Å². The lowest BCUT2D eigenvalue weighted by Crippen LogP contribution is -2.20. The van der Waals surface area contributed by atoms with E-state index in [1.54, 1.807) is 19.4 Å². The molecule has 0 amide bonds. The minimum Gasteiger partial charge on any atom is -0.481 e. The number of hydrogen-bond acceptors (Lipinski definition) is 4. The normalized spacial score (nSPS) is 9.73. The van der Waals surface area contributed by atoms with Crippen molar-refractivity contribution < 1.29 is 14.6 Å². The first kappa shape index (κ1) is 11.3. The standard InChI is InChI=1S/C10H14N2O3/c1-12(6-4-10(13)14)8-3-5-11-9(7-8)15-2/h3,5,7H,4,6H2,1-2H3,(H,13,14). The van der Waals surface area contributed by atoms with E-state index in [0.29, 0.717) is 12.4 Å². The van der Waals surface area contributed by atoms with Gasteiger partial charge in [0.1, 0.15) is 0 Å². The van der Waals surface area contributed by atoms with Gasteiger partial charge in [-0.2, -0.15) is 0 Å². The number of ether oxygens (including phenoxy) is 1. The van der Waals surface area contributed by atoms with Gasteiger partial charge in [-0.05, 0) is 6.07 Å². The van der Waals surface area contributed by atoms with Crippen molar-refractivity contribution in [2.24, 2.45) is 0 Å². The zero-order valence-corrected chi connectivity index (χ0v) is 8.80. The molecule has 1 N–H and O–H groups in total. The van der Waals surface area contributed by atoms with Gasteiger partial charge in [0.25, 0.3) is 0 Å². The number of anilines is 1. The van der Waals surface area contributed by atoms with E-state index in [0.717, 1.165) is 5.69 Å². The summed E-state index contributed by atoms with van der Waals surface area (Å²) in [5, 5.41) is 8.55. The van der Waals surface area contributed by atoms with Gasteiger partial charge in [-0.3, -0.25) is 4.79 Å². The third kappa shape index (κ3) is 3.46. The van der Waals surface area contributed by atoms with Crippen molar-refractivity contribution in [1.82, 2.24) is 4.98 Å². The van der Waals surface area contributed by atoms with Crippen LogP contribution in [0.1, 0.15) is 6.42 Å². The van der Waals surface area contributed by atoms with Crippen LogP contribution in [0, 0.1) is 0 Å². The maximum Gasteiger partial charge on any atom is 0.305 e. The van der Waals surface area contributed by atoms with Crippen molar-refractivity contribution in [3.8, 4) is 5.88 Å². The summed E-state index contributed by atoms with van der Waals surface area (Å²) in [5.41, 5.74) is 0.892. The number of methoxy groups -OCH3 is 1. The van der Waals surface area contributed by atoms with Crippen LogP contribution in [0.3, 0.4) is 0 Å². The topological polar surface area (TPSA) is 62.7 Å². The van der Waals surface area contributed by atoms with Crippen LogP contribution in [0.4, 0.5) is 5.69 Å². The van der Waals surface area contributed by atoms with Crippen LogP contribution in [0.25, 0.3) is 0 Å². The molecule has 0 fully saturated rings. The van der Waals surface area contributed by atoms with E-state index in [1.807, 2.05) is 18.0 Å². The lowest BCUT2D eigenvalue weighted by Gasteiger charge is -2.18. The minimum atomic E-state index is -0.803. The van der Waals surface area contributed by atoms with Crippen LogP contribution in [0.2, 0.25) is 0 Å². The molecule has 0 radical (unpaired) electrons. The maximum absolute atomic E-state index is 10.4. The molecule has 0 atom stereocenters. The fraction of sp³-hybridized carbons (Fsp3) is 0.400. The van der Waals surface area contributed by atoms with E-state index in [-0.39, 0.29) is 6.42 Å². The Morgan fingerprint density at radius 3 is 3.00 bits per heavy atom. The lowest BCUT2D eigenvalue weighted by atomic mass is 10.3. The third-order valence-electron chi connectivity index (χ3n) is 2.03. The molecule has 0 aliphatic rings. The van der Waals surface area contributed by atoms with Crippen LogP contribution in [-0.4, -0.2) is 36.8 Å². The number of aromatic nitrogens is 1. The number of hydrogen-bond donors (Lipinski definition) is 1. The van der Waals surface area contributed by atoms with E-state index in [2.05, 4.69) is 4.98 Å². The molecular formula is C10H14N2O3. The Hall–Kier alpha value is -1.78. The van der Waals surface area contributed by atoms with Crippen molar-refractivity contribution in [3.63, 3.8) is 0 Å². The average molecular weight is 210 g/mol. The molecule has 0 bridgehead atoms. The second-order valence-electron chi connectivity index (χ2n) is 3.12. The molecule has 0 saturated heterocycles. The van der Waals surface area contributed by atoms with Gasteiger partial charge in [-0.15, -0.1) is 0 Å². The summed E-state index contributed by atoms with van der Waals surface area (Å²) in [4.78, 5) is 16.2. The lowest BCUT2D eigenvalue weighted by molar-refractivity contribution is -0.136. The molecule has 1 aromatic heterocycles. The molecule has 1 heterocycles. The highest BCUT2D eigenvalue weighted by molar-refractivity contribution is 5.67. The number of rotatable bonds is 5. The molecule has 5 heteroatoms. The van der Waals surface area contributed by atoms with Crippen molar-refractivity contribution in [2.75, 3.05) is 25.6 Å². The SMILES string of the molecule is COc1cc(N(C)CCC(=O)O)ccn1. The summed E-state index contributed by atoms with van der Waals surface area (Å²) in [6, 6.07) is 3.58. The number of carbonyl (C=O) groups is 1. The van der Waals surface area contributed by atoms with Gasteiger partial charge < -0.3 is 14.7 Å². The Balaban J connectivity index is 2.64. The Labute approximate surface area is 88.3 Å². The Kier molecular flexibility index (Phi) is 3.91. The molecule has 5 nitrogen and oxygen atoms in total. The summed E-state index contributed by atoms with van der Waals surface area (Å²) in [6.07, 6.45) is 1.74. The van der Waals surface area contributed by atoms with E-state index >= 15 is 0 Å². The fourth-order valence-corrected chi connectivity index (χ4v) is 1.14. The predicted octanol–water partition coefficient (Wildman–Crippen LogP) is 1.00. The third-order valence-corrected chi connectivity index (χ3v) is 2.03. The summed E-state index contributed by atoms with van der Waals surface area (Å²) in [5.74, 6) is -0.280. The number of aliphatic carboxylic acids is 1. The molecule has 0 aromatic carbocycles. The summed E-state index contributed by atoms with van der Waals surface area (Å²) >= 11 is 0. The largest absolute Gasteiger partial charge is 0.481 e. The van der Waals surface area contributed by atoms with Gasteiger partial charge in [-0.25, -0.2) is 4.98 Å². The predicted molar refractivity (Wildman–Crippen MR) is 56.3 cm³/mol. The number of carboxylic acid groups (broad SMARTS) is 1. The second-order valence-corrected chi connectivity index (χ2v) is 3.12. The molecule has 0 aliphatic carbocycles. The van der Waals surface area contributed by atoms with Crippen LogP contribution >= 0.6 is 0 Å². The van der Waals surface area contributed by atoms with Crippen LogP contribution in [-0.2, 0) is 4.79 Å². The molecule has 0 unspecified atom stereocenters. The van der Waals surface area contributed by atoms with Gasteiger partial charge >= 0.3 is 5.97 Å². The number of pyridine rings is 1. The molecule has 0 spiro atoms. The van der Waals surface area contributed by atoms with E-state index < -0.39 is 5.97 Å². The summed E-state index contributed by atoms with van der Waals surface area (Å²) in [6.45, 7) is 0.461. The fourth-order valence-electron chi connectivity index (χ4n) is 1.14. The van der Waals surface area contributed by atoms with Gasteiger partial charge in [0, 0.05) is 31.5 Å². The molecule has 82 valence electrons. The zero-order chi connectivity index (χ0) is 11.3. The first-order valence-corrected chi connectivity index (χ1v) is 4.56. The quantitative estimate of drug-likeness (QED) is 0.785. The smallest absolute Gasteiger partial charge is 0.305 e. The zero-order valence-electron chi connectivity index (χ0n) is 8.80. The minimum absolute atomic E-state index is 0.112. The molecule has 15 heavy (non-hydrogen) atoms. The van der Waals surface area contributed by atoms with Crippen LogP contribution in [0.5, 0.6) is 5.88 Å². The molecule has 1 aromatic rings. The first-order chi connectivity index (χ1) is 7.13. The first-order valence-electron chi connectivity index (χ1n) is 4.56. The highest BCUT2D eigenvalue weighted by Crippen LogP contribution is 2.17. The van der Waals surface area contributed by atoms with Crippen molar-refractivity contribution in [2.45, 2.75) is 6.42 Å².